The van der Waals surface area contributed by atoms with Crippen LogP contribution in [0.25, 0.3) is 0 Å². The Hall–Kier alpha value is -2.89. The number of hydrogen-bond acceptors (Lipinski definition) is 9. The summed E-state index contributed by atoms with van der Waals surface area (Å²) in [5.74, 6) is 1.96. The highest BCUT2D eigenvalue weighted by atomic mass is 35.5. The van der Waals surface area contributed by atoms with Crippen LogP contribution in [0.5, 0.6) is 5.75 Å². The van der Waals surface area contributed by atoms with Crippen LogP contribution in [-0.4, -0.2) is 51.6 Å². The number of aryl methyl sites for hydroxylation is 2. The average Bonchev–Trinajstić information content (AvgIpc) is 3.48. The van der Waals surface area contributed by atoms with Crippen molar-refractivity contribution in [2.45, 2.75) is 108 Å². The van der Waals surface area contributed by atoms with Crippen molar-refractivity contribution in [1.29, 1.82) is 0 Å². The molecule has 1 fully saturated rings. The third-order valence-corrected chi connectivity index (χ3v) is 10.4. The highest BCUT2D eigenvalue weighted by Crippen LogP contribution is 2.47. The molecule has 2 aromatic heterocycles. The molecule has 5 rings (SSSR count). The van der Waals surface area contributed by atoms with Gasteiger partial charge in [0.1, 0.15) is 16.9 Å². The minimum absolute atomic E-state index is 0.0513. The number of aromatic nitrogens is 4. The minimum atomic E-state index is -3.63. The number of ether oxygens (including phenoxy) is 1. The van der Waals surface area contributed by atoms with Crippen LogP contribution in [0, 0.1) is 6.92 Å². The number of nitrogens with one attached hydrogen (secondary N) is 3. The van der Waals surface area contributed by atoms with Gasteiger partial charge in [-0.3, -0.25) is 4.68 Å². The second-order valence-electron chi connectivity index (χ2n) is 12.2. The molecule has 228 valence electrons. The molecule has 0 saturated heterocycles. The van der Waals surface area contributed by atoms with Crippen LogP contribution in [0.15, 0.2) is 23.5 Å². The number of hydrogen-bond donors (Lipinski definition) is 3. The number of sulfone groups is 1. The summed E-state index contributed by atoms with van der Waals surface area (Å²) < 4.78 is 33.6. The first-order chi connectivity index (χ1) is 19.8. The zero-order chi connectivity index (χ0) is 30.3. The summed E-state index contributed by atoms with van der Waals surface area (Å²) in [6, 6.07) is 3.22. The lowest BCUT2D eigenvalue weighted by atomic mass is 9.77. The standard InChI is InChI=1S/C30H42ClN7O3S/c1-16(2)33-21-10-8-20(9-11-21)26-18(5)12-24(27-22(26)13-19(6)41-27)35-30-32-14-23(31)28(36-30)34-25-15-38(7)37-29(25)42(39,40)17(3)4/h12,14-17,19-21,33H,8-11,13H2,1-7H3,(H2,32,34,35,36)/t19-,20?,21?/m1/s1. The Kier molecular flexibility index (Phi) is 8.74. The Labute approximate surface area is 253 Å². The number of fused-ring (bicyclic) bond motifs is 1. The zero-order valence-electron chi connectivity index (χ0n) is 25.5. The van der Waals surface area contributed by atoms with Gasteiger partial charge in [-0.1, -0.05) is 25.4 Å². The predicted molar refractivity (Wildman–Crippen MR) is 167 cm³/mol. The van der Waals surface area contributed by atoms with Gasteiger partial charge >= 0.3 is 0 Å². The largest absolute Gasteiger partial charge is 0.488 e. The first-order valence-electron chi connectivity index (χ1n) is 14.8. The highest BCUT2D eigenvalue weighted by molar-refractivity contribution is 7.92. The molecule has 2 aliphatic rings. The summed E-state index contributed by atoms with van der Waals surface area (Å²) in [5.41, 5.74) is 5.05. The molecule has 1 aromatic carbocycles. The van der Waals surface area contributed by atoms with Crippen molar-refractivity contribution in [1.82, 2.24) is 25.1 Å². The molecule has 1 atom stereocenters. The molecule has 0 radical (unpaired) electrons. The molecular weight excluding hydrogens is 574 g/mol. The Morgan fingerprint density at radius 1 is 1.10 bits per heavy atom. The quantitative estimate of drug-likeness (QED) is 0.258. The van der Waals surface area contributed by atoms with Crippen molar-refractivity contribution >= 4 is 44.6 Å². The van der Waals surface area contributed by atoms with E-state index in [1.54, 1.807) is 27.1 Å². The lowest BCUT2D eigenvalue weighted by molar-refractivity contribution is 0.256. The summed E-state index contributed by atoms with van der Waals surface area (Å²) in [5, 5.41) is 13.9. The topological polar surface area (TPSA) is 123 Å². The third kappa shape index (κ3) is 6.23. The van der Waals surface area contributed by atoms with Gasteiger partial charge in [0, 0.05) is 37.3 Å². The fraction of sp³-hybridized carbons (Fsp3) is 0.567. The van der Waals surface area contributed by atoms with Crippen LogP contribution in [-0.2, 0) is 23.3 Å². The molecule has 42 heavy (non-hydrogen) atoms. The maximum atomic E-state index is 12.9. The maximum absolute atomic E-state index is 12.9. The normalized spacial score (nSPS) is 20.6. The van der Waals surface area contributed by atoms with Crippen LogP contribution in [0.2, 0.25) is 5.02 Å². The molecule has 1 aliphatic carbocycles. The number of rotatable bonds is 9. The fourth-order valence-electron chi connectivity index (χ4n) is 6.18. The van der Waals surface area contributed by atoms with Crippen molar-refractivity contribution in [3.63, 3.8) is 0 Å². The van der Waals surface area contributed by atoms with E-state index >= 15 is 0 Å². The second-order valence-corrected chi connectivity index (χ2v) is 15.0. The monoisotopic (exact) mass is 615 g/mol. The molecule has 0 spiro atoms. The first-order valence-corrected chi connectivity index (χ1v) is 16.7. The Bertz CT molecular complexity index is 1560. The molecule has 10 nitrogen and oxygen atoms in total. The van der Waals surface area contributed by atoms with E-state index in [2.05, 4.69) is 64.8 Å². The summed E-state index contributed by atoms with van der Waals surface area (Å²) in [7, 11) is -1.97. The van der Waals surface area contributed by atoms with Crippen molar-refractivity contribution < 1.29 is 13.2 Å². The van der Waals surface area contributed by atoms with Crippen molar-refractivity contribution in [3.05, 3.63) is 40.2 Å². The lowest BCUT2D eigenvalue weighted by Gasteiger charge is -2.32. The van der Waals surface area contributed by atoms with Crippen molar-refractivity contribution in [2.75, 3.05) is 10.6 Å². The Balaban J connectivity index is 1.42. The molecular formula is C30H42ClN7O3S. The van der Waals surface area contributed by atoms with Gasteiger partial charge in [0.2, 0.25) is 20.8 Å². The molecule has 3 N–H and O–H groups in total. The summed E-state index contributed by atoms with van der Waals surface area (Å²) in [4.78, 5) is 9.00. The van der Waals surface area contributed by atoms with Gasteiger partial charge in [-0.25, -0.2) is 13.4 Å². The minimum Gasteiger partial charge on any atom is -0.488 e. The van der Waals surface area contributed by atoms with Crippen LogP contribution in [0.1, 0.15) is 82.9 Å². The van der Waals surface area contributed by atoms with Crippen LogP contribution < -0.4 is 20.7 Å². The van der Waals surface area contributed by atoms with Crippen molar-refractivity contribution in [2.24, 2.45) is 7.05 Å². The van der Waals surface area contributed by atoms with E-state index in [0.29, 0.717) is 29.6 Å². The number of benzene rings is 1. The SMILES string of the molecule is Cc1cc(Nc2ncc(Cl)c(Nc3cn(C)nc3S(=O)(=O)C(C)C)n2)c2c(c1C1CCC(NC(C)C)CC1)C[C@@H](C)O2. The van der Waals surface area contributed by atoms with E-state index < -0.39 is 15.1 Å². The van der Waals surface area contributed by atoms with E-state index in [-0.39, 0.29) is 22.0 Å². The molecule has 0 amide bonds. The zero-order valence-corrected chi connectivity index (χ0v) is 27.0. The number of anilines is 4. The van der Waals surface area contributed by atoms with Crippen molar-refractivity contribution in [3.8, 4) is 5.75 Å². The van der Waals surface area contributed by atoms with Gasteiger partial charge in [-0.2, -0.15) is 10.1 Å². The molecule has 3 aromatic rings. The van der Waals surface area contributed by atoms with Crippen LogP contribution in [0.4, 0.5) is 23.1 Å². The summed E-state index contributed by atoms with van der Waals surface area (Å²) in [6.45, 7) is 11.9. The molecule has 3 heterocycles. The van der Waals surface area contributed by atoms with E-state index in [0.717, 1.165) is 30.7 Å². The first kappa shape index (κ1) is 30.6. The third-order valence-electron chi connectivity index (χ3n) is 8.07. The number of halogens is 1. The molecule has 0 unspecified atom stereocenters. The Morgan fingerprint density at radius 3 is 2.48 bits per heavy atom. The highest BCUT2D eigenvalue weighted by Gasteiger charge is 2.33. The Morgan fingerprint density at radius 2 is 1.81 bits per heavy atom. The molecule has 1 aliphatic heterocycles. The summed E-state index contributed by atoms with van der Waals surface area (Å²) >= 11 is 6.45. The van der Waals surface area contributed by atoms with E-state index in [1.807, 2.05) is 0 Å². The van der Waals surface area contributed by atoms with E-state index in [4.69, 9.17) is 16.3 Å². The fourth-order valence-corrected chi connectivity index (χ4v) is 7.42. The van der Waals surface area contributed by atoms with Gasteiger partial charge < -0.3 is 20.7 Å². The van der Waals surface area contributed by atoms with Gasteiger partial charge in [0.25, 0.3) is 0 Å². The van der Waals surface area contributed by atoms with E-state index in [9.17, 15) is 8.42 Å². The number of nitrogens with zero attached hydrogens (tertiary/aromatic N) is 4. The van der Waals surface area contributed by atoms with Gasteiger partial charge in [-0.15, -0.1) is 0 Å². The van der Waals surface area contributed by atoms with E-state index in [1.165, 1.54) is 40.4 Å². The van der Waals surface area contributed by atoms with Gasteiger partial charge in [-0.05, 0) is 76.5 Å². The summed E-state index contributed by atoms with van der Waals surface area (Å²) in [6.07, 6.45) is 8.72. The lowest BCUT2D eigenvalue weighted by Crippen LogP contribution is -2.37. The van der Waals surface area contributed by atoms with Gasteiger partial charge in [0.15, 0.2) is 5.82 Å². The smallest absolute Gasteiger partial charge is 0.229 e. The molecule has 0 bridgehead atoms. The van der Waals surface area contributed by atoms with Gasteiger partial charge in [0.05, 0.1) is 22.8 Å². The molecule has 12 heteroatoms. The van der Waals surface area contributed by atoms with Crippen LogP contribution in [0.3, 0.4) is 0 Å². The van der Waals surface area contributed by atoms with Crippen LogP contribution >= 0.6 is 11.6 Å². The molecule has 1 saturated carbocycles. The average molecular weight is 616 g/mol. The predicted octanol–water partition coefficient (Wildman–Crippen LogP) is 6.19. The second kappa shape index (κ2) is 12.0. The maximum Gasteiger partial charge on any atom is 0.229 e.